The molecule has 0 aliphatic rings. The van der Waals surface area contributed by atoms with Gasteiger partial charge in [-0.3, -0.25) is 4.79 Å². The SMILES string of the molecule is Cc1onc(-c2ccccc2)c1C(=O)Nc1ccc(Br)c(Cl)c1. The van der Waals surface area contributed by atoms with Crippen LogP contribution >= 0.6 is 27.5 Å². The Bertz CT molecular complexity index is 862. The van der Waals surface area contributed by atoms with Crippen LogP contribution in [0, 0.1) is 6.92 Å². The highest BCUT2D eigenvalue weighted by Crippen LogP contribution is 2.28. The second kappa shape index (κ2) is 6.56. The average Bonchev–Trinajstić information content (AvgIpc) is 2.93. The van der Waals surface area contributed by atoms with Crippen LogP contribution in [0.1, 0.15) is 16.1 Å². The molecule has 4 nitrogen and oxygen atoms in total. The third kappa shape index (κ3) is 3.30. The molecule has 0 spiro atoms. The van der Waals surface area contributed by atoms with Crippen molar-refractivity contribution in [1.29, 1.82) is 0 Å². The Balaban J connectivity index is 1.94. The third-order valence-electron chi connectivity index (χ3n) is 3.31. The minimum atomic E-state index is -0.291. The summed E-state index contributed by atoms with van der Waals surface area (Å²) in [6.07, 6.45) is 0. The topological polar surface area (TPSA) is 55.1 Å². The second-order valence-corrected chi connectivity index (χ2v) is 6.17. The number of rotatable bonds is 3. The van der Waals surface area contributed by atoms with E-state index in [4.69, 9.17) is 16.1 Å². The molecule has 1 heterocycles. The predicted molar refractivity (Wildman–Crippen MR) is 93.8 cm³/mol. The van der Waals surface area contributed by atoms with Crippen LogP contribution in [0.3, 0.4) is 0 Å². The van der Waals surface area contributed by atoms with Crippen molar-refractivity contribution in [2.75, 3.05) is 5.32 Å². The first-order chi connectivity index (χ1) is 11.1. The van der Waals surface area contributed by atoms with Gasteiger partial charge in [0.1, 0.15) is 17.0 Å². The molecule has 2 aromatic carbocycles. The van der Waals surface area contributed by atoms with Gasteiger partial charge in [0.15, 0.2) is 0 Å². The van der Waals surface area contributed by atoms with Gasteiger partial charge in [-0.1, -0.05) is 47.1 Å². The van der Waals surface area contributed by atoms with Gasteiger partial charge >= 0.3 is 0 Å². The average molecular weight is 392 g/mol. The molecule has 0 bridgehead atoms. The second-order valence-electron chi connectivity index (χ2n) is 4.91. The Kier molecular flexibility index (Phi) is 4.50. The van der Waals surface area contributed by atoms with E-state index in [0.717, 1.165) is 10.0 Å². The number of carbonyl (C=O) groups is 1. The molecule has 3 rings (SSSR count). The molecule has 1 amide bonds. The lowest BCUT2D eigenvalue weighted by atomic mass is 10.1. The van der Waals surface area contributed by atoms with Crippen LogP contribution < -0.4 is 5.32 Å². The molecule has 0 saturated carbocycles. The van der Waals surface area contributed by atoms with Crippen molar-refractivity contribution >= 4 is 39.1 Å². The van der Waals surface area contributed by atoms with Crippen LogP contribution in [0.2, 0.25) is 5.02 Å². The molecule has 0 fully saturated rings. The minimum absolute atomic E-state index is 0.291. The maximum absolute atomic E-state index is 12.6. The Morgan fingerprint density at radius 3 is 2.65 bits per heavy atom. The Labute approximate surface area is 146 Å². The van der Waals surface area contributed by atoms with Crippen molar-refractivity contribution in [2.45, 2.75) is 6.92 Å². The van der Waals surface area contributed by atoms with Gasteiger partial charge in [-0.15, -0.1) is 0 Å². The van der Waals surface area contributed by atoms with Crippen LogP contribution in [-0.2, 0) is 0 Å². The lowest BCUT2D eigenvalue weighted by Gasteiger charge is -2.07. The fourth-order valence-electron chi connectivity index (χ4n) is 2.20. The Morgan fingerprint density at radius 1 is 1.22 bits per heavy atom. The van der Waals surface area contributed by atoms with Crippen LogP contribution in [-0.4, -0.2) is 11.1 Å². The van der Waals surface area contributed by atoms with Gasteiger partial charge in [0.2, 0.25) is 0 Å². The number of nitrogens with one attached hydrogen (secondary N) is 1. The van der Waals surface area contributed by atoms with Crippen molar-refractivity contribution in [1.82, 2.24) is 5.16 Å². The number of carbonyl (C=O) groups excluding carboxylic acids is 1. The minimum Gasteiger partial charge on any atom is -0.360 e. The summed E-state index contributed by atoms with van der Waals surface area (Å²) in [6.45, 7) is 1.71. The number of hydrogen-bond donors (Lipinski definition) is 1. The first-order valence-corrected chi connectivity index (χ1v) is 8.01. The van der Waals surface area contributed by atoms with E-state index in [1.807, 2.05) is 30.3 Å². The van der Waals surface area contributed by atoms with E-state index in [1.165, 1.54) is 0 Å². The first kappa shape index (κ1) is 15.8. The van der Waals surface area contributed by atoms with Crippen LogP contribution in [0.15, 0.2) is 57.5 Å². The standard InChI is InChI=1S/C17H12BrClN2O2/c1-10-15(16(21-23-10)11-5-3-2-4-6-11)17(22)20-12-7-8-13(18)14(19)9-12/h2-9H,1H3,(H,20,22). The Morgan fingerprint density at radius 2 is 1.96 bits per heavy atom. The van der Waals surface area contributed by atoms with Gasteiger partial charge in [0.05, 0.1) is 5.02 Å². The maximum atomic E-state index is 12.6. The van der Waals surface area contributed by atoms with E-state index >= 15 is 0 Å². The number of aryl methyl sites for hydroxylation is 1. The molecule has 116 valence electrons. The van der Waals surface area contributed by atoms with E-state index in [-0.39, 0.29) is 5.91 Å². The molecule has 23 heavy (non-hydrogen) atoms. The fraction of sp³-hybridized carbons (Fsp3) is 0.0588. The first-order valence-electron chi connectivity index (χ1n) is 6.84. The number of amides is 1. The lowest BCUT2D eigenvalue weighted by molar-refractivity contribution is 0.102. The van der Waals surface area contributed by atoms with Crippen LogP contribution in [0.5, 0.6) is 0 Å². The summed E-state index contributed by atoms with van der Waals surface area (Å²) in [5.41, 5.74) is 2.35. The molecule has 0 aliphatic heterocycles. The highest BCUT2D eigenvalue weighted by Gasteiger charge is 2.21. The summed E-state index contributed by atoms with van der Waals surface area (Å²) in [6, 6.07) is 14.6. The quantitative estimate of drug-likeness (QED) is 0.657. The summed E-state index contributed by atoms with van der Waals surface area (Å²) in [5, 5.41) is 7.35. The van der Waals surface area contributed by atoms with Gasteiger partial charge in [0.25, 0.3) is 5.91 Å². The number of anilines is 1. The van der Waals surface area contributed by atoms with Crippen molar-refractivity contribution in [3.8, 4) is 11.3 Å². The molecule has 1 N–H and O–H groups in total. The molecular weight excluding hydrogens is 380 g/mol. The predicted octanol–water partition coefficient (Wildman–Crippen LogP) is 5.32. The molecular formula is C17H12BrClN2O2. The summed E-state index contributed by atoms with van der Waals surface area (Å²) in [4.78, 5) is 12.6. The fourth-order valence-corrected chi connectivity index (χ4v) is 2.63. The molecule has 0 unspecified atom stereocenters. The molecule has 0 radical (unpaired) electrons. The monoisotopic (exact) mass is 390 g/mol. The van der Waals surface area contributed by atoms with Crippen molar-refractivity contribution in [3.05, 3.63) is 69.3 Å². The van der Waals surface area contributed by atoms with E-state index in [0.29, 0.717) is 27.7 Å². The van der Waals surface area contributed by atoms with Gasteiger partial charge in [-0.05, 0) is 41.1 Å². The van der Waals surface area contributed by atoms with Crippen LogP contribution in [0.4, 0.5) is 5.69 Å². The normalized spacial score (nSPS) is 10.6. The zero-order chi connectivity index (χ0) is 16.4. The van der Waals surface area contributed by atoms with E-state index in [2.05, 4.69) is 26.4 Å². The third-order valence-corrected chi connectivity index (χ3v) is 4.55. The highest BCUT2D eigenvalue weighted by molar-refractivity contribution is 9.10. The number of benzene rings is 2. The smallest absolute Gasteiger partial charge is 0.261 e. The van der Waals surface area contributed by atoms with Crippen molar-refractivity contribution < 1.29 is 9.32 Å². The molecule has 0 aliphatic carbocycles. The summed E-state index contributed by atoms with van der Waals surface area (Å²) < 4.78 is 5.97. The molecule has 0 saturated heterocycles. The molecule has 6 heteroatoms. The van der Waals surface area contributed by atoms with E-state index < -0.39 is 0 Å². The number of hydrogen-bond acceptors (Lipinski definition) is 3. The van der Waals surface area contributed by atoms with Crippen molar-refractivity contribution in [2.24, 2.45) is 0 Å². The van der Waals surface area contributed by atoms with E-state index in [9.17, 15) is 4.79 Å². The molecule has 0 atom stereocenters. The number of aromatic nitrogens is 1. The summed E-state index contributed by atoms with van der Waals surface area (Å²) in [7, 11) is 0. The van der Waals surface area contributed by atoms with Crippen LogP contribution in [0.25, 0.3) is 11.3 Å². The Hall–Kier alpha value is -2.11. The van der Waals surface area contributed by atoms with Gasteiger partial charge in [0, 0.05) is 15.7 Å². The molecule has 3 aromatic rings. The van der Waals surface area contributed by atoms with Gasteiger partial charge in [-0.25, -0.2) is 0 Å². The zero-order valence-corrected chi connectivity index (χ0v) is 14.5. The van der Waals surface area contributed by atoms with Crippen molar-refractivity contribution in [3.63, 3.8) is 0 Å². The summed E-state index contributed by atoms with van der Waals surface area (Å²) >= 11 is 9.37. The summed E-state index contributed by atoms with van der Waals surface area (Å²) in [5.74, 6) is 0.172. The zero-order valence-electron chi connectivity index (χ0n) is 12.1. The van der Waals surface area contributed by atoms with E-state index in [1.54, 1.807) is 25.1 Å². The highest BCUT2D eigenvalue weighted by atomic mass is 79.9. The van der Waals surface area contributed by atoms with Gasteiger partial charge in [-0.2, -0.15) is 0 Å². The molecule has 1 aromatic heterocycles. The van der Waals surface area contributed by atoms with Gasteiger partial charge < -0.3 is 9.84 Å². The lowest BCUT2D eigenvalue weighted by Crippen LogP contribution is -2.13. The maximum Gasteiger partial charge on any atom is 0.261 e. The largest absolute Gasteiger partial charge is 0.360 e. The number of halogens is 2. The number of nitrogens with zero attached hydrogens (tertiary/aromatic N) is 1.